The van der Waals surface area contributed by atoms with E-state index in [1.165, 1.54) is 51.4 Å². The highest BCUT2D eigenvalue weighted by molar-refractivity contribution is 5.14. The predicted molar refractivity (Wildman–Crippen MR) is 125 cm³/mol. The Bertz CT molecular complexity index is 601. The molecule has 1 N–H and O–H groups in total. The number of hydrogen-bond donors (Lipinski definition) is 1. The molecule has 30 heavy (non-hydrogen) atoms. The summed E-state index contributed by atoms with van der Waals surface area (Å²) in [6, 6.07) is 0. The number of rotatable bonds is 6. The largest absolute Gasteiger partial charge is 0.389 e. The van der Waals surface area contributed by atoms with Gasteiger partial charge in [-0.15, -0.1) is 0 Å². The highest BCUT2D eigenvalue weighted by atomic mass is 16.5. The number of aliphatic hydroxyl groups is 1. The lowest BCUT2D eigenvalue weighted by Crippen LogP contribution is -2.63. The fourth-order valence-electron chi connectivity index (χ4n) is 9.44. The minimum Gasteiger partial charge on any atom is -0.389 e. The first-order chi connectivity index (χ1) is 14.1. The molecule has 4 aliphatic carbocycles. The zero-order valence-corrected chi connectivity index (χ0v) is 20.9. The number of ether oxygens (including phenoxy) is 1. The van der Waals surface area contributed by atoms with Crippen molar-refractivity contribution in [2.45, 2.75) is 123 Å². The van der Waals surface area contributed by atoms with Crippen LogP contribution >= 0.6 is 0 Å². The van der Waals surface area contributed by atoms with Gasteiger partial charge >= 0.3 is 0 Å². The molecular formula is C28H50O2. The van der Waals surface area contributed by atoms with Crippen molar-refractivity contribution in [1.29, 1.82) is 0 Å². The molecule has 0 spiro atoms. The third kappa shape index (κ3) is 3.60. The molecule has 0 aromatic carbocycles. The van der Waals surface area contributed by atoms with Crippen molar-refractivity contribution in [2.24, 2.45) is 46.3 Å². The van der Waals surface area contributed by atoms with Crippen LogP contribution < -0.4 is 0 Å². The predicted octanol–water partition coefficient (Wildman–Crippen LogP) is 7.24. The fraction of sp³-hybridized carbons (Fsp3) is 1.00. The molecule has 0 aliphatic heterocycles. The molecule has 0 heterocycles. The zero-order valence-electron chi connectivity index (χ0n) is 20.9. The molecular weight excluding hydrogens is 368 g/mol. The second-order valence-corrected chi connectivity index (χ2v) is 13.0. The Morgan fingerprint density at radius 1 is 0.900 bits per heavy atom. The standard InChI is InChI=1S/C28H50O2/c1-19(2)8-7-9-20(3)23-10-11-24-22-13-17-28(29)18-21(30-6)12-16-27(28,5)25(22)14-15-26(23,24)4/h19-25,29H,7-18H2,1-6H3/t20-,21-,22?,23?,24?,25?,26?,27?,28-/m1/s1. The van der Waals surface area contributed by atoms with Crippen molar-refractivity contribution in [3.63, 3.8) is 0 Å². The summed E-state index contributed by atoms with van der Waals surface area (Å²) in [5.41, 5.74) is 0.157. The molecule has 0 aromatic rings. The van der Waals surface area contributed by atoms with Gasteiger partial charge in [0, 0.05) is 13.5 Å². The van der Waals surface area contributed by atoms with Crippen LogP contribution in [-0.2, 0) is 4.74 Å². The summed E-state index contributed by atoms with van der Waals surface area (Å²) in [4.78, 5) is 0. The van der Waals surface area contributed by atoms with Crippen LogP contribution in [0.1, 0.15) is 112 Å². The number of fused-ring (bicyclic) bond motifs is 5. The van der Waals surface area contributed by atoms with Crippen molar-refractivity contribution in [2.75, 3.05) is 7.11 Å². The van der Waals surface area contributed by atoms with E-state index in [-0.39, 0.29) is 11.5 Å². The fourth-order valence-corrected chi connectivity index (χ4v) is 9.44. The van der Waals surface area contributed by atoms with E-state index in [0.717, 1.165) is 61.2 Å². The van der Waals surface area contributed by atoms with Crippen LogP contribution in [0.15, 0.2) is 0 Å². The van der Waals surface area contributed by atoms with E-state index >= 15 is 0 Å². The lowest BCUT2D eigenvalue weighted by Gasteiger charge is -2.64. The smallest absolute Gasteiger partial charge is 0.0728 e. The van der Waals surface area contributed by atoms with Gasteiger partial charge in [0.15, 0.2) is 0 Å². The first kappa shape index (κ1) is 23.1. The minimum atomic E-state index is -0.497. The quantitative estimate of drug-likeness (QED) is 0.492. The van der Waals surface area contributed by atoms with E-state index < -0.39 is 5.60 Å². The first-order valence-electron chi connectivity index (χ1n) is 13.4. The van der Waals surface area contributed by atoms with Crippen LogP contribution in [0.3, 0.4) is 0 Å². The summed E-state index contributed by atoms with van der Waals surface area (Å²) in [6.07, 6.45) is 15.6. The Morgan fingerprint density at radius 3 is 2.37 bits per heavy atom. The van der Waals surface area contributed by atoms with Gasteiger partial charge in [-0.2, -0.15) is 0 Å². The number of methoxy groups -OCH3 is 1. The Hall–Kier alpha value is -0.0800. The van der Waals surface area contributed by atoms with Gasteiger partial charge in [0.2, 0.25) is 0 Å². The SMILES string of the molecule is CO[C@@H]1CCC2(C)C3CCC4(C)C(CCC4[C@H](C)CCCC(C)C)C3CC[C@@]2(O)C1. The van der Waals surface area contributed by atoms with Crippen LogP contribution in [0.2, 0.25) is 0 Å². The second-order valence-electron chi connectivity index (χ2n) is 13.0. The second kappa shape index (κ2) is 8.36. The van der Waals surface area contributed by atoms with Crippen LogP contribution in [0, 0.1) is 46.3 Å². The lowest BCUT2D eigenvalue weighted by molar-refractivity contribution is -0.222. The van der Waals surface area contributed by atoms with Gasteiger partial charge in [-0.25, -0.2) is 0 Å². The topological polar surface area (TPSA) is 29.5 Å². The van der Waals surface area contributed by atoms with Gasteiger partial charge in [0.25, 0.3) is 0 Å². The molecule has 4 rings (SSSR count). The van der Waals surface area contributed by atoms with E-state index in [4.69, 9.17) is 4.74 Å². The molecule has 6 unspecified atom stereocenters. The zero-order chi connectivity index (χ0) is 21.7. The maximum absolute atomic E-state index is 11.8. The van der Waals surface area contributed by atoms with E-state index in [2.05, 4.69) is 34.6 Å². The maximum Gasteiger partial charge on any atom is 0.0728 e. The van der Waals surface area contributed by atoms with E-state index in [1.54, 1.807) is 0 Å². The third-order valence-corrected chi connectivity index (χ3v) is 11.3. The van der Waals surface area contributed by atoms with Gasteiger partial charge in [-0.3, -0.25) is 0 Å². The minimum absolute atomic E-state index is 0.104. The van der Waals surface area contributed by atoms with E-state index in [0.29, 0.717) is 5.41 Å². The molecule has 0 radical (unpaired) electrons. The number of hydrogen-bond acceptors (Lipinski definition) is 2. The molecule has 0 aromatic heterocycles. The maximum atomic E-state index is 11.8. The summed E-state index contributed by atoms with van der Waals surface area (Å²) in [5, 5.41) is 11.8. The summed E-state index contributed by atoms with van der Waals surface area (Å²) >= 11 is 0. The van der Waals surface area contributed by atoms with Crippen molar-refractivity contribution >= 4 is 0 Å². The highest BCUT2D eigenvalue weighted by Gasteiger charge is 2.64. The Balaban J connectivity index is 1.48. The molecule has 2 nitrogen and oxygen atoms in total. The van der Waals surface area contributed by atoms with Crippen LogP contribution in [-0.4, -0.2) is 23.9 Å². The Morgan fingerprint density at radius 2 is 1.67 bits per heavy atom. The molecule has 2 heteroatoms. The van der Waals surface area contributed by atoms with Crippen LogP contribution in [0.4, 0.5) is 0 Å². The average molecular weight is 419 g/mol. The van der Waals surface area contributed by atoms with E-state index in [9.17, 15) is 5.11 Å². The molecule has 4 saturated carbocycles. The van der Waals surface area contributed by atoms with Crippen LogP contribution in [0.25, 0.3) is 0 Å². The Labute approximate surface area is 186 Å². The average Bonchev–Trinajstić information content (AvgIpc) is 3.05. The summed E-state index contributed by atoms with van der Waals surface area (Å²) in [5.74, 6) is 5.12. The lowest BCUT2D eigenvalue weighted by atomic mass is 9.43. The molecule has 9 atom stereocenters. The summed E-state index contributed by atoms with van der Waals surface area (Å²) in [7, 11) is 1.83. The first-order valence-corrected chi connectivity index (χ1v) is 13.4. The van der Waals surface area contributed by atoms with Gasteiger partial charge in [-0.05, 0) is 97.7 Å². The molecule has 0 saturated heterocycles. The molecule has 4 fully saturated rings. The van der Waals surface area contributed by atoms with Crippen molar-refractivity contribution in [3.05, 3.63) is 0 Å². The van der Waals surface area contributed by atoms with E-state index in [1.807, 2.05) is 7.11 Å². The Kier molecular flexibility index (Phi) is 6.44. The van der Waals surface area contributed by atoms with Crippen molar-refractivity contribution < 1.29 is 9.84 Å². The van der Waals surface area contributed by atoms with Gasteiger partial charge in [0.05, 0.1) is 11.7 Å². The highest BCUT2D eigenvalue weighted by Crippen LogP contribution is 2.69. The van der Waals surface area contributed by atoms with Gasteiger partial charge < -0.3 is 9.84 Å². The van der Waals surface area contributed by atoms with Crippen LogP contribution in [0.5, 0.6) is 0 Å². The molecule has 0 bridgehead atoms. The summed E-state index contributed by atoms with van der Waals surface area (Å²) in [6.45, 7) is 12.4. The molecule has 0 amide bonds. The summed E-state index contributed by atoms with van der Waals surface area (Å²) < 4.78 is 5.70. The normalized spacial score (nSPS) is 49.4. The van der Waals surface area contributed by atoms with Crippen molar-refractivity contribution in [3.8, 4) is 0 Å². The molecule has 174 valence electrons. The van der Waals surface area contributed by atoms with Gasteiger partial charge in [0.1, 0.15) is 0 Å². The molecule has 4 aliphatic rings. The van der Waals surface area contributed by atoms with Gasteiger partial charge in [-0.1, -0.05) is 53.9 Å². The monoisotopic (exact) mass is 418 g/mol. The van der Waals surface area contributed by atoms with Crippen molar-refractivity contribution in [1.82, 2.24) is 0 Å². The third-order valence-electron chi connectivity index (χ3n) is 11.3.